The first-order valence-electron chi connectivity index (χ1n) is 48.4. The molecule has 6 aliphatic rings. The molecule has 6 aromatic carbocycles. The third-order valence-corrected chi connectivity index (χ3v) is 24.8. The maximum absolute atomic E-state index is 13.5. The molecule has 8 atom stereocenters. The summed E-state index contributed by atoms with van der Waals surface area (Å²) in [5, 5.41) is 20.8. The predicted molar refractivity (Wildman–Crippen MR) is 590 cm³/mol. The van der Waals surface area contributed by atoms with Crippen molar-refractivity contribution in [2.45, 2.75) is 328 Å². The molecule has 6 saturated heterocycles. The fraction of sp³-hybridized carbons (Fsp3) is 0.591. The number of ketones is 2. The summed E-state index contributed by atoms with van der Waals surface area (Å²) in [6.07, 6.45) is 14.1. The number of ether oxygens (including phenoxy) is 14. The largest absolute Gasteiger partial charge is 0.519 e. The molecule has 0 aliphatic carbocycles. The first kappa shape index (κ1) is 142. The number of hydrogen-bond acceptors (Lipinski definition) is 28. The number of aliphatic carboxylic acids is 2. The molecule has 6 heterocycles. The number of rotatable bonds is 31. The Kier molecular flexibility index (Phi) is 67.9. The molecule has 4 bridgehead atoms. The number of benzene rings is 6. The lowest BCUT2D eigenvalue weighted by atomic mass is 9.93. The van der Waals surface area contributed by atoms with E-state index in [1.165, 1.54) is 83.6 Å². The van der Waals surface area contributed by atoms with Crippen LogP contribution in [-0.2, 0) is 92.3 Å². The van der Waals surface area contributed by atoms with Crippen LogP contribution in [0.2, 0.25) is 0 Å². The van der Waals surface area contributed by atoms with Gasteiger partial charge in [0.1, 0.15) is 34.9 Å². The number of nitrogens with one attached hydrogen (secondary N) is 1. The average molecular weight is 2110 g/mol. The molecule has 6 aromatic rings. The fourth-order valence-electron chi connectivity index (χ4n) is 17.5. The molecule has 0 aromatic heterocycles. The summed E-state index contributed by atoms with van der Waals surface area (Å²) in [7, 11) is 19.0. The smallest absolute Gasteiger partial charge is 0.493 e. The first-order chi connectivity index (χ1) is 67.5. The number of amides is 5. The number of nitrogens with two attached hydrogens (primary N) is 1. The SMILES string of the molecule is C.C.C.C.C.C.C.C.CC(C)(C)OC(=O)N1C2CCCC1C(=O)N(CCc1ccccc1)CC2.CC(C)(C)OC(=O)OC(=O)OC(C)(C)C.COC(CC1CCCC(C(=O)NCCc2ccccc2)N1C)OC.COC(CC1CCCC(C(=O)O)N1C)OC.COc1cc(C(=O)C(=O)N2C3CCCC2C(=O)N(CCc2ccccc2)CC3)cc(OC)c1OC.COc1cc(C(=O)C(=O)O)cc(OC)c1OC.NCCc1ccccc1. The van der Waals surface area contributed by atoms with Gasteiger partial charge in [0.05, 0.1) is 48.7 Å². The Morgan fingerprint density at radius 3 is 1.06 bits per heavy atom. The number of Topliss-reactive ketones (excluding diaryl/α,β-unsaturated/α-hetero) is 2. The van der Waals surface area contributed by atoms with E-state index in [0.29, 0.717) is 81.0 Å². The number of nitrogens with zero attached hydrogens (tertiary/aromatic N) is 6. The monoisotopic (exact) mass is 2110 g/mol. The van der Waals surface area contributed by atoms with Crippen LogP contribution in [0.3, 0.4) is 0 Å². The van der Waals surface area contributed by atoms with Crippen LogP contribution in [0.4, 0.5) is 14.4 Å². The molecule has 35 heteroatoms. The second-order valence-corrected chi connectivity index (χ2v) is 38.0. The van der Waals surface area contributed by atoms with Crippen molar-refractivity contribution in [1.29, 1.82) is 0 Å². The van der Waals surface area contributed by atoms with E-state index in [1.54, 1.807) is 79.8 Å². The number of carbonyl (C=O) groups is 11. The molecule has 0 saturated carbocycles. The standard InChI is InChI=1S/C27H32N2O6.C21H30N2O3.C19H30N2O3.C11H21NO4.C11H12O6.C10H18O5.C8H11N.8CH4/c1-33-22-16-19(17-23(34-2)25(22)35-3)24(30)27(32)29-20-10-7-11-21(29)26(31)28(15-13-20)14-12-18-8-5-4-6-9-18;1-21(2,3)26-20(25)23-17-10-7-11-18(23)19(24)22(15-13-17)14-12-16-8-5-4-6-9-16;1-21-16(14-18(23-2)24-3)10-7-11-17(21)19(22)20-13-12-15-8-5-4-6-9-15;1-12-8(7-10(15-2)16-3)5-4-6-9(12)11(13)14;1-15-7-4-6(9(12)11(13)14)5-8(16-2)10(7)17-3;1-9(2,3)14-7(11)13-8(12)15-10(4,5)6;9-7-6-8-4-2-1-3-5-8;;;;;;;;/h4-6,8-9,16-17,20-21H,7,10-15H2,1-3H3;4-6,8-9,17-18H,7,10-15H2,1-3H3;4-6,8-9,16-18H,7,10-14H2,1-3H3,(H,20,22);8-10H,4-7H2,1-3H3,(H,13,14);4-5H,1-3H3,(H,13,14);1-6H3;1-5H,6-7,9H2;8*1H4. The van der Waals surface area contributed by atoms with Gasteiger partial charge in [0.25, 0.3) is 17.5 Å². The zero-order chi connectivity index (χ0) is 105. The van der Waals surface area contributed by atoms with E-state index in [0.717, 1.165) is 121 Å². The molecular formula is C115H186N8O27. The maximum atomic E-state index is 13.5. The van der Waals surface area contributed by atoms with Crippen LogP contribution in [0, 0.1) is 0 Å². The van der Waals surface area contributed by atoms with E-state index in [-0.39, 0.29) is 155 Å². The van der Waals surface area contributed by atoms with E-state index in [4.69, 9.17) is 77.5 Å². The average Bonchev–Trinajstić information content (AvgIpc) is 1.56. The highest BCUT2D eigenvalue weighted by molar-refractivity contribution is 6.43. The van der Waals surface area contributed by atoms with Crippen LogP contribution < -0.4 is 39.5 Å². The quantitative estimate of drug-likeness (QED) is 0.00784. The molecule has 848 valence electrons. The topological polar surface area (TPSA) is 415 Å². The number of carboxylic acid groups (broad SMARTS) is 2. The molecule has 6 aliphatic heterocycles. The Morgan fingerprint density at radius 2 is 0.727 bits per heavy atom. The zero-order valence-corrected chi connectivity index (χ0v) is 86.9. The summed E-state index contributed by atoms with van der Waals surface area (Å²) in [5.41, 5.74) is 8.49. The van der Waals surface area contributed by atoms with Crippen LogP contribution in [0.1, 0.15) is 267 Å². The van der Waals surface area contributed by atoms with Crippen molar-refractivity contribution in [3.05, 3.63) is 179 Å². The highest BCUT2D eigenvalue weighted by Gasteiger charge is 2.47. The lowest BCUT2D eigenvalue weighted by Crippen LogP contribution is -2.55. The van der Waals surface area contributed by atoms with Crippen molar-refractivity contribution < 1.29 is 129 Å². The highest BCUT2D eigenvalue weighted by atomic mass is 16.8. The number of fused-ring (bicyclic) bond motifs is 4. The van der Waals surface area contributed by atoms with Crippen LogP contribution in [0.15, 0.2) is 146 Å². The van der Waals surface area contributed by atoms with E-state index >= 15 is 0 Å². The second-order valence-electron chi connectivity index (χ2n) is 38.0. The zero-order valence-electron chi connectivity index (χ0n) is 86.9. The molecule has 12 rings (SSSR count). The first-order valence-corrected chi connectivity index (χ1v) is 48.4. The number of likely N-dealkylation sites (N-methyl/N-ethyl adjacent to an activating group) is 2. The van der Waals surface area contributed by atoms with E-state index < -0.39 is 64.6 Å². The predicted octanol–water partition coefficient (Wildman–Crippen LogP) is 20.0. The minimum absolute atomic E-state index is 0. The van der Waals surface area contributed by atoms with Crippen molar-refractivity contribution in [3.63, 3.8) is 0 Å². The van der Waals surface area contributed by atoms with Crippen molar-refractivity contribution in [2.75, 3.05) is 124 Å². The Labute approximate surface area is 896 Å². The molecule has 5 amide bonds. The summed E-state index contributed by atoms with van der Waals surface area (Å²) < 4.78 is 71.4. The fourth-order valence-corrected chi connectivity index (χ4v) is 17.5. The van der Waals surface area contributed by atoms with Crippen molar-refractivity contribution in [2.24, 2.45) is 5.73 Å². The molecule has 0 radical (unpaired) electrons. The number of carbonyl (C=O) groups excluding carboxylic acids is 9. The Morgan fingerprint density at radius 1 is 0.400 bits per heavy atom. The number of methoxy groups -OCH3 is 10. The Hall–Kier alpha value is -12.0. The summed E-state index contributed by atoms with van der Waals surface area (Å²) in [4.78, 5) is 145. The lowest BCUT2D eigenvalue weighted by Gasteiger charge is -2.40. The van der Waals surface area contributed by atoms with Crippen molar-refractivity contribution in [3.8, 4) is 34.5 Å². The highest BCUT2D eigenvalue weighted by Crippen LogP contribution is 2.42. The van der Waals surface area contributed by atoms with Crippen molar-refractivity contribution >= 4 is 65.5 Å². The van der Waals surface area contributed by atoms with Gasteiger partial charge in [0.15, 0.2) is 35.6 Å². The van der Waals surface area contributed by atoms with Gasteiger partial charge in [-0.1, -0.05) is 181 Å². The van der Waals surface area contributed by atoms with Crippen LogP contribution in [0.25, 0.3) is 0 Å². The van der Waals surface area contributed by atoms with Crippen LogP contribution in [-0.4, -0.2) is 307 Å². The van der Waals surface area contributed by atoms with Crippen molar-refractivity contribution in [1.82, 2.24) is 34.7 Å². The van der Waals surface area contributed by atoms with E-state index in [9.17, 15) is 52.7 Å². The van der Waals surface area contributed by atoms with Gasteiger partial charge in [0.2, 0.25) is 29.2 Å². The normalized spacial score (nSPS) is 17.9. The summed E-state index contributed by atoms with van der Waals surface area (Å²) >= 11 is 0. The molecule has 8 unspecified atom stereocenters. The molecule has 6 fully saturated rings. The van der Waals surface area contributed by atoms with Gasteiger partial charge in [-0.2, -0.15) is 0 Å². The summed E-state index contributed by atoms with van der Waals surface area (Å²) in [5.74, 6) is -2.84. The molecule has 150 heavy (non-hydrogen) atoms. The molecule has 0 spiro atoms. The van der Waals surface area contributed by atoms with Gasteiger partial charge in [-0.05, 0) is 245 Å². The summed E-state index contributed by atoms with van der Waals surface area (Å²) in [6, 6.07) is 45.4. The third-order valence-electron chi connectivity index (χ3n) is 24.8. The maximum Gasteiger partial charge on any atom is 0.519 e. The van der Waals surface area contributed by atoms with Crippen LogP contribution >= 0.6 is 0 Å². The van der Waals surface area contributed by atoms with Crippen LogP contribution in [0.5, 0.6) is 34.5 Å². The van der Waals surface area contributed by atoms with Gasteiger partial charge in [0, 0.05) is 109 Å². The number of likely N-dealkylation sites (tertiary alicyclic amines) is 2. The Bertz CT molecular complexity index is 4840. The number of hydrogen-bond donors (Lipinski definition) is 4. The van der Waals surface area contributed by atoms with Gasteiger partial charge in [-0.25, -0.2) is 19.2 Å². The molecular weight excluding hydrogens is 1930 g/mol. The summed E-state index contributed by atoms with van der Waals surface area (Å²) in [6.45, 7) is 19.6. The number of carboxylic acids is 2. The van der Waals surface area contributed by atoms with E-state index in [1.807, 2.05) is 134 Å². The number of piperidine rings is 4. The lowest BCUT2D eigenvalue weighted by molar-refractivity contribution is -0.149. The van der Waals surface area contributed by atoms with Gasteiger partial charge < -0.3 is 102 Å². The Balaban J connectivity index is -0.00000172. The molecule has 35 nitrogen and oxygen atoms in total. The minimum Gasteiger partial charge on any atom is -0.493 e. The third kappa shape index (κ3) is 46.1. The van der Waals surface area contributed by atoms with E-state index in [2.05, 4.69) is 51.4 Å². The minimum atomic E-state index is -1.54. The van der Waals surface area contributed by atoms with Gasteiger partial charge in [-0.3, -0.25) is 48.3 Å². The molecule has 5 N–H and O–H groups in total. The van der Waals surface area contributed by atoms with Gasteiger partial charge >= 0.3 is 30.3 Å². The van der Waals surface area contributed by atoms with Gasteiger partial charge in [-0.15, -0.1) is 0 Å². The second kappa shape index (κ2) is 71.7.